The van der Waals surface area contributed by atoms with E-state index in [1.54, 1.807) is 13.8 Å². The number of amides is 1. The van der Waals surface area contributed by atoms with Crippen LogP contribution in [0.4, 0.5) is 5.95 Å². The fourth-order valence-corrected chi connectivity index (χ4v) is 1.41. The summed E-state index contributed by atoms with van der Waals surface area (Å²) in [6, 6.07) is 1.98. The predicted octanol–water partition coefficient (Wildman–Crippen LogP) is 1.24. The summed E-state index contributed by atoms with van der Waals surface area (Å²) in [6.07, 6.45) is 1.70. The first-order valence-corrected chi connectivity index (χ1v) is 6.13. The molecule has 0 spiro atoms. The van der Waals surface area contributed by atoms with Crippen LogP contribution in [0, 0.1) is 17.2 Å². The van der Waals surface area contributed by atoms with Crippen molar-refractivity contribution in [3.8, 4) is 11.9 Å². The number of fused-ring (bicyclic) bond motifs is 1. The number of anilines is 1. The Balaban J connectivity index is 2.27. The van der Waals surface area contributed by atoms with Gasteiger partial charge >= 0.3 is 0 Å². The molecule has 8 nitrogen and oxygen atoms in total. The van der Waals surface area contributed by atoms with Crippen molar-refractivity contribution in [1.29, 1.82) is 5.26 Å². The number of imidazole rings is 1. The third-order valence-corrected chi connectivity index (χ3v) is 2.46. The van der Waals surface area contributed by atoms with Crippen LogP contribution in [0.3, 0.4) is 0 Å². The Kier molecular flexibility index (Phi) is 4.10. The minimum atomic E-state index is -0.188. The number of ether oxygens (including phenoxy) is 1. The van der Waals surface area contributed by atoms with E-state index in [0.29, 0.717) is 11.2 Å². The number of carbonyl (C=O) groups excluding carboxylic acids is 1. The Morgan fingerprint density at radius 3 is 3.05 bits per heavy atom. The molecule has 20 heavy (non-hydrogen) atoms. The predicted molar refractivity (Wildman–Crippen MR) is 70.9 cm³/mol. The van der Waals surface area contributed by atoms with Crippen LogP contribution in [0.15, 0.2) is 6.33 Å². The zero-order chi connectivity index (χ0) is 14.5. The van der Waals surface area contributed by atoms with Crippen molar-refractivity contribution in [2.75, 3.05) is 11.9 Å². The molecule has 0 radical (unpaired) electrons. The normalized spacial score (nSPS) is 10.5. The summed E-state index contributed by atoms with van der Waals surface area (Å²) < 4.78 is 5.39. The molecule has 0 bridgehead atoms. The van der Waals surface area contributed by atoms with E-state index in [1.807, 2.05) is 6.07 Å². The molecule has 2 rings (SSSR count). The fourth-order valence-electron chi connectivity index (χ4n) is 1.41. The van der Waals surface area contributed by atoms with E-state index in [2.05, 4.69) is 25.3 Å². The highest BCUT2D eigenvalue weighted by molar-refractivity contribution is 5.91. The first kappa shape index (κ1) is 13.7. The Hall–Kier alpha value is -2.69. The average Bonchev–Trinajstić information content (AvgIpc) is 2.87. The number of nitrogens with zero attached hydrogens (tertiary/aromatic N) is 4. The highest BCUT2D eigenvalue weighted by atomic mass is 16.5. The van der Waals surface area contributed by atoms with E-state index >= 15 is 0 Å². The third-order valence-electron chi connectivity index (χ3n) is 2.46. The van der Waals surface area contributed by atoms with Gasteiger partial charge in [-0.15, -0.1) is 0 Å². The molecule has 0 fully saturated rings. The van der Waals surface area contributed by atoms with Crippen molar-refractivity contribution < 1.29 is 9.53 Å². The van der Waals surface area contributed by atoms with Gasteiger partial charge in [0.25, 0.3) is 0 Å². The summed E-state index contributed by atoms with van der Waals surface area (Å²) in [6.45, 7) is 3.75. The lowest BCUT2D eigenvalue weighted by molar-refractivity contribution is -0.118. The summed E-state index contributed by atoms with van der Waals surface area (Å²) in [5.41, 5.74) is 0.927. The highest BCUT2D eigenvalue weighted by Crippen LogP contribution is 2.21. The minimum absolute atomic E-state index is 0.146. The van der Waals surface area contributed by atoms with Crippen LogP contribution in [-0.4, -0.2) is 32.4 Å². The molecular formula is C12H14N6O2. The zero-order valence-corrected chi connectivity index (χ0v) is 11.2. The smallest absolute Gasteiger partial charge is 0.247 e. The van der Waals surface area contributed by atoms with Gasteiger partial charge in [0.15, 0.2) is 11.2 Å². The highest BCUT2D eigenvalue weighted by Gasteiger charge is 2.14. The van der Waals surface area contributed by atoms with E-state index in [1.165, 1.54) is 6.33 Å². The molecule has 0 aromatic carbocycles. The lowest BCUT2D eigenvalue weighted by Crippen LogP contribution is -2.19. The molecule has 0 aliphatic heterocycles. The first-order chi connectivity index (χ1) is 9.61. The monoisotopic (exact) mass is 274 g/mol. The van der Waals surface area contributed by atoms with Gasteiger partial charge in [-0.25, -0.2) is 4.98 Å². The number of H-pyrrole nitrogens is 1. The van der Waals surface area contributed by atoms with Gasteiger partial charge in [0.05, 0.1) is 18.8 Å². The third kappa shape index (κ3) is 3.00. The second kappa shape index (κ2) is 5.97. The maximum Gasteiger partial charge on any atom is 0.247 e. The number of hydrogen-bond acceptors (Lipinski definition) is 6. The average molecular weight is 274 g/mol. The lowest BCUT2D eigenvalue weighted by Gasteiger charge is -2.08. The molecule has 0 aliphatic carbocycles. The number of aromatic nitrogens is 4. The quantitative estimate of drug-likeness (QED) is 0.792. The summed E-state index contributed by atoms with van der Waals surface area (Å²) in [5, 5.41) is 11.1. The number of carbonyl (C=O) groups is 1. The summed E-state index contributed by atoms with van der Waals surface area (Å²) >= 11 is 0. The van der Waals surface area contributed by atoms with E-state index in [9.17, 15) is 4.79 Å². The lowest BCUT2D eigenvalue weighted by atomic mass is 10.2. The molecule has 8 heteroatoms. The summed E-state index contributed by atoms with van der Waals surface area (Å²) in [5.74, 6) is 0.0174. The Bertz CT molecular complexity index is 658. The number of rotatable bonds is 5. The van der Waals surface area contributed by atoms with E-state index in [0.717, 1.165) is 0 Å². The van der Waals surface area contributed by atoms with Gasteiger partial charge in [-0.2, -0.15) is 15.2 Å². The van der Waals surface area contributed by atoms with Crippen molar-refractivity contribution in [2.45, 2.75) is 20.3 Å². The van der Waals surface area contributed by atoms with Crippen LogP contribution in [0.1, 0.15) is 20.3 Å². The molecule has 1 amide bonds. The van der Waals surface area contributed by atoms with E-state index < -0.39 is 0 Å². The maximum absolute atomic E-state index is 11.7. The van der Waals surface area contributed by atoms with Crippen LogP contribution in [0.5, 0.6) is 5.88 Å². The van der Waals surface area contributed by atoms with Crippen molar-refractivity contribution in [3.63, 3.8) is 0 Å². The molecule has 104 valence electrons. The van der Waals surface area contributed by atoms with Crippen LogP contribution in [0.2, 0.25) is 0 Å². The molecule has 0 atom stereocenters. The molecule has 2 aromatic rings. The SMILES string of the molecule is CC(C)C(=O)Nc1nc(OCCC#N)c2nc[nH]c2n1. The van der Waals surface area contributed by atoms with E-state index in [4.69, 9.17) is 10.00 Å². The van der Waals surface area contributed by atoms with Gasteiger partial charge in [0.2, 0.25) is 17.7 Å². The largest absolute Gasteiger partial charge is 0.475 e. The van der Waals surface area contributed by atoms with Crippen molar-refractivity contribution in [1.82, 2.24) is 19.9 Å². The second-order valence-corrected chi connectivity index (χ2v) is 4.35. The van der Waals surface area contributed by atoms with Crippen molar-refractivity contribution in [2.24, 2.45) is 5.92 Å². The van der Waals surface area contributed by atoms with Crippen LogP contribution in [0.25, 0.3) is 11.2 Å². The maximum atomic E-state index is 11.7. The van der Waals surface area contributed by atoms with E-state index in [-0.39, 0.29) is 36.7 Å². The molecule has 0 saturated carbocycles. The fraction of sp³-hybridized carbons (Fsp3) is 0.417. The van der Waals surface area contributed by atoms with Crippen molar-refractivity contribution >= 4 is 23.0 Å². The molecular weight excluding hydrogens is 260 g/mol. The summed E-state index contributed by atoms with van der Waals surface area (Å²) in [4.78, 5) is 26.8. The number of nitriles is 1. The zero-order valence-electron chi connectivity index (χ0n) is 11.2. The van der Waals surface area contributed by atoms with Gasteiger partial charge in [0, 0.05) is 5.92 Å². The van der Waals surface area contributed by atoms with Gasteiger partial charge < -0.3 is 9.72 Å². The van der Waals surface area contributed by atoms with Crippen LogP contribution < -0.4 is 10.1 Å². The first-order valence-electron chi connectivity index (χ1n) is 6.13. The number of nitrogens with one attached hydrogen (secondary N) is 2. The standard InChI is InChI=1S/C12H14N6O2/c1-7(2)10(19)17-12-16-9-8(14-6-15-9)11(18-12)20-5-3-4-13/h6-7H,3,5H2,1-2H3,(H2,14,15,16,17,18,19). The number of hydrogen-bond donors (Lipinski definition) is 2. The Labute approximate surface area is 115 Å². The summed E-state index contributed by atoms with van der Waals surface area (Å²) in [7, 11) is 0. The number of aromatic amines is 1. The van der Waals surface area contributed by atoms with Crippen molar-refractivity contribution in [3.05, 3.63) is 6.33 Å². The van der Waals surface area contributed by atoms with Gasteiger partial charge in [-0.3, -0.25) is 10.1 Å². The molecule has 0 aliphatic rings. The van der Waals surface area contributed by atoms with Crippen LogP contribution >= 0.6 is 0 Å². The Morgan fingerprint density at radius 1 is 1.55 bits per heavy atom. The molecule has 0 saturated heterocycles. The second-order valence-electron chi connectivity index (χ2n) is 4.35. The van der Waals surface area contributed by atoms with Gasteiger partial charge in [0.1, 0.15) is 6.61 Å². The van der Waals surface area contributed by atoms with Gasteiger partial charge in [-0.05, 0) is 0 Å². The Morgan fingerprint density at radius 2 is 2.35 bits per heavy atom. The molecule has 2 aromatic heterocycles. The van der Waals surface area contributed by atoms with Gasteiger partial charge in [-0.1, -0.05) is 13.8 Å². The molecule has 2 heterocycles. The minimum Gasteiger partial charge on any atom is -0.475 e. The topological polar surface area (TPSA) is 117 Å². The van der Waals surface area contributed by atoms with Crippen LogP contribution in [-0.2, 0) is 4.79 Å². The molecule has 2 N–H and O–H groups in total. The molecule has 0 unspecified atom stereocenters.